The lowest BCUT2D eigenvalue weighted by Crippen LogP contribution is -2.58. The monoisotopic (exact) mass is 335 g/mol. The lowest BCUT2D eigenvalue weighted by Gasteiger charge is -2.62. The van der Waals surface area contributed by atoms with Crippen molar-refractivity contribution in [3.05, 3.63) is 0 Å². The van der Waals surface area contributed by atoms with Gasteiger partial charge in [-0.3, -0.25) is 0 Å². The van der Waals surface area contributed by atoms with Crippen LogP contribution in [0.4, 0.5) is 0 Å². The van der Waals surface area contributed by atoms with Gasteiger partial charge in [-0.15, -0.1) is 0 Å². The van der Waals surface area contributed by atoms with Gasteiger partial charge < -0.3 is 15.9 Å². The van der Waals surface area contributed by atoms with E-state index in [1.807, 2.05) is 0 Å². The van der Waals surface area contributed by atoms with E-state index in [1.54, 1.807) is 0 Å². The third-order valence-corrected chi connectivity index (χ3v) is 9.44. The first-order chi connectivity index (χ1) is 11.3. The molecular weight excluding hydrogens is 298 g/mol. The van der Waals surface area contributed by atoms with Gasteiger partial charge in [0.05, 0.1) is 12.2 Å². The van der Waals surface area contributed by atoms with Gasteiger partial charge in [0.15, 0.2) is 0 Å². The third-order valence-electron chi connectivity index (χ3n) is 9.44. The molecule has 0 aromatic carbocycles. The predicted molar refractivity (Wildman–Crippen MR) is 96.3 cm³/mol. The Morgan fingerprint density at radius 3 is 2.17 bits per heavy atom. The van der Waals surface area contributed by atoms with Gasteiger partial charge in [-0.1, -0.05) is 13.8 Å². The average Bonchev–Trinajstić information content (AvgIpc) is 2.89. The Labute approximate surface area is 147 Å². The summed E-state index contributed by atoms with van der Waals surface area (Å²) in [6, 6.07) is 0.315. The molecule has 4 saturated carbocycles. The lowest BCUT2D eigenvalue weighted by atomic mass is 9.44. The first-order valence-electron chi connectivity index (χ1n) is 10.4. The quantitative estimate of drug-likeness (QED) is 0.688. The van der Waals surface area contributed by atoms with Crippen LogP contribution in [0.2, 0.25) is 0 Å². The van der Waals surface area contributed by atoms with E-state index in [2.05, 4.69) is 20.8 Å². The largest absolute Gasteiger partial charge is 0.390 e. The molecule has 0 heterocycles. The minimum absolute atomic E-state index is 0.231. The zero-order valence-corrected chi connectivity index (χ0v) is 15.7. The van der Waals surface area contributed by atoms with E-state index >= 15 is 0 Å². The molecule has 0 amide bonds. The summed E-state index contributed by atoms with van der Waals surface area (Å²) in [6.07, 6.45) is 8.51. The van der Waals surface area contributed by atoms with Crippen LogP contribution in [0.3, 0.4) is 0 Å². The standard InChI is InChI=1S/C21H37NO2/c1-12(22)14-6-7-15-13-4-5-17-19(24)18(23)9-11-21(17,3)16(13)8-10-20(14,15)2/h12-19,23-24H,4-11,22H2,1-3H3/t12?,13-,14+,15-,16-,17?,18?,19?,20+,21+/m0/s1. The fourth-order valence-corrected chi connectivity index (χ4v) is 8.22. The molecule has 4 rings (SSSR count). The highest BCUT2D eigenvalue weighted by molar-refractivity contribution is 5.11. The molecule has 10 atom stereocenters. The highest BCUT2D eigenvalue weighted by Crippen LogP contribution is 2.67. The van der Waals surface area contributed by atoms with E-state index in [-0.39, 0.29) is 5.41 Å². The molecule has 0 aromatic rings. The van der Waals surface area contributed by atoms with Gasteiger partial charge in [0.2, 0.25) is 0 Å². The van der Waals surface area contributed by atoms with E-state index in [0.717, 1.165) is 37.0 Å². The van der Waals surface area contributed by atoms with Crippen molar-refractivity contribution in [2.45, 2.75) is 90.4 Å². The summed E-state index contributed by atoms with van der Waals surface area (Å²) in [4.78, 5) is 0. The fourth-order valence-electron chi connectivity index (χ4n) is 8.22. The SMILES string of the molecule is CC(N)[C@H]1CC[C@H]2[C@@H]3CCC4C(O)C(O)CC[C@]4(C)[C@H]3CC[C@]12C. The van der Waals surface area contributed by atoms with Crippen LogP contribution < -0.4 is 5.73 Å². The van der Waals surface area contributed by atoms with Crippen LogP contribution in [0.15, 0.2) is 0 Å². The summed E-state index contributed by atoms with van der Waals surface area (Å²) in [7, 11) is 0. The van der Waals surface area contributed by atoms with E-state index in [9.17, 15) is 10.2 Å². The summed E-state index contributed by atoms with van der Waals surface area (Å²) < 4.78 is 0. The van der Waals surface area contributed by atoms with Crippen LogP contribution in [0.5, 0.6) is 0 Å². The van der Waals surface area contributed by atoms with Gasteiger partial charge in [0, 0.05) is 6.04 Å². The van der Waals surface area contributed by atoms with Crippen LogP contribution in [0.25, 0.3) is 0 Å². The van der Waals surface area contributed by atoms with Crippen LogP contribution in [-0.4, -0.2) is 28.5 Å². The van der Waals surface area contributed by atoms with Crippen molar-refractivity contribution in [2.24, 2.45) is 46.2 Å². The van der Waals surface area contributed by atoms with Gasteiger partial charge in [-0.05, 0) is 98.7 Å². The first kappa shape index (κ1) is 17.3. The molecule has 138 valence electrons. The predicted octanol–water partition coefficient (Wildman–Crippen LogP) is 3.32. The lowest BCUT2D eigenvalue weighted by molar-refractivity contribution is -0.173. The molecular formula is C21H37NO2. The van der Waals surface area contributed by atoms with E-state index in [0.29, 0.717) is 23.3 Å². The number of hydrogen-bond donors (Lipinski definition) is 3. The number of nitrogens with two attached hydrogens (primary N) is 1. The van der Waals surface area contributed by atoms with E-state index < -0.39 is 12.2 Å². The molecule has 4 fully saturated rings. The van der Waals surface area contributed by atoms with Crippen molar-refractivity contribution in [3.63, 3.8) is 0 Å². The zero-order valence-electron chi connectivity index (χ0n) is 15.7. The van der Waals surface area contributed by atoms with Crippen molar-refractivity contribution >= 4 is 0 Å². The van der Waals surface area contributed by atoms with Crippen molar-refractivity contribution in [2.75, 3.05) is 0 Å². The molecule has 0 saturated heterocycles. The maximum absolute atomic E-state index is 10.6. The number of hydrogen-bond acceptors (Lipinski definition) is 3. The van der Waals surface area contributed by atoms with Crippen LogP contribution in [-0.2, 0) is 0 Å². The van der Waals surface area contributed by atoms with Crippen molar-refractivity contribution in [3.8, 4) is 0 Å². The van der Waals surface area contributed by atoms with Gasteiger partial charge in [0.25, 0.3) is 0 Å². The molecule has 4 aliphatic rings. The second kappa shape index (κ2) is 5.69. The Morgan fingerprint density at radius 2 is 1.46 bits per heavy atom. The van der Waals surface area contributed by atoms with Gasteiger partial charge in [0.1, 0.15) is 0 Å². The second-order valence-corrected chi connectivity index (χ2v) is 10.3. The normalized spacial score (nSPS) is 58.5. The minimum Gasteiger partial charge on any atom is -0.390 e. The minimum atomic E-state index is -0.501. The third kappa shape index (κ3) is 2.20. The van der Waals surface area contributed by atoms with Crippen molar-refractivity contribution < 1.29 is 10.2 Å². The summed E-state index contributed by atoms with van der Waals surface area (Å²) in [5, 5.41) is 20.8. The molecule has 4 aliphatic carbocycles. The number of fused-ring (bicyclic) bond motifs is 5. The number of aliphatic hydroxyl groups is 2. The van der Waals surface area contributed by atoms with Crippen LogP contribution in [0.1, 0.15) is 72.1 Å². The molecule has 0 bridgehead atoms. The highest BCUT2D eigenvalue weighted by atomic mass is 16.3. The number of rotatable bonds is 1. The molecule has 0 aliphatic heterocycles. The summed E-state index contributed by atoms with van der Waals surface area (Å²) >= 11 is 0. The maximum atomic E-state index is 10.6. The molecule has 24 heavy (non-hydrogen) atoms. The summed E-state index contributed by atoms with van der Waals surface area (Å²) in [6.45, 7) is 7.18. The smallest absolute Gasteiger partial charge is 0.0832 e. The molecule has 4 N–H and O–H groups in total. The molecule has 3 heteroatoms. The van der Waals surface area contributed by atoms with Gasteiger partial charge >= 0.3 is 0 Å². The topological polar surface area (TPSA) is 66.5 Å². The molecule has 0 aromatic heterocycles. The highest BCUT2D eigenvalue weighted by Gasteiger charge is 2.61. The Bertz CT molecular complexity index is 494. The van der Waals surface area contributed by atoms with E-state index in [4.69, 9.17) is 5.73 Å². The zero-order chi connectivity index (χ0) is 17.3. The fraction of sp³-hybridized carbons (Fsp3) is 1.00. The van der Waals surface area contributed by atoms with E-state index in [1.165, 1.54) is 32.1 Å². The molecule has 0 radical (unpaired) electrons. The average molecular weight is 336 g/mol. The Kier molecular flexibility index (Phi) is 4.10. The molecule has 3 nitrogen and oxygen atoms in total. The first-order valence-corrected chi connectivity index (χ1v) is 10.4. The Hall–Kier alpha value is -0.120. The Morgan fingerprint density at radius 1 is 0.833 bits per heavy atom. The van der Waals surface area contributed by atoms with Crippen molar-refractivity contribution in [1.82, 2.24) is 0 Å². The van der Waals surface area contributed by atoms with Crippen LogP contribution in [0, 0.1) is 40.4 Å². The maximum Gasteiger partial charge on any atom is 0.0832 e. The number of aliphatic hydroxyl groups excluding tert-OH is 2. The van der Waals surface area contributed by atoms with Crippen molar-refractivity contribution in [1.29, 1.82) is 0 Å². The summed E-state index contributed by atoms with van der Waals surface area (Å²) in [5.74, 6) is 3.37. The van der Waals surface area contributed by atoms with Gasteiger partial charge in [-0.25, -0.2) is 0 Å². The summed E-state index contributed by atoms with van der Waals surface area (Å²) in [5.41, 5.74) is 7.03. The van der Waals surface area contributed by atoms with Gasteiger partial charge in [-0.2, -0.15) is 0 Å². The second-order valence-electron chi connectivity index (χ2n) is 10.3. The molecule has 0 spiro atoms. The molecule has 4 unspecified atom stereocenters. The van der Waals surface area contributed by atoms with Crippen LogP contribution >= 0.6 is 0 Å². The Balaban J connectivity index is 1.62.